The van der Waals surface area contributed by atoms with Crippen LogP contribution in [-0.4, -0.2) is 17.0 Å². The monoisotopic (exact) mass is 524 g/mol. The first-order chi connectivity index (χ1) is 15.0. The summed E-state index contributed by atoms with van der Waals surface area (Å²) in [4.78, 5) is 28.1. The molecule has 0 aromatic heterocycles. The summed E-state index contributed by atoms with van der Waals surface area (Å²) in [5.41, 5.74) is 1.06. The van der Waals surface area contributed by atoms with E-state index in [0.717, 1.165) is 9.13 Å². The molecule has 6 heteroatoms. The van der Waals surface area contributed by atoms with Gasteiger partial charge < -0.3 is 10.4 Å². The lowest BCUT2D eigenvalue weighted by atomic mass is 9.80. The third kappa shape index (κ3) is 3.61. The predicted octanol–water partition coefficient (Wildman–Crippen LogP) is 5.39. The minimum Gasteiger partial charge on any atom is -0.478 e. The van der Waals surface area contributed by atoms with E-state index in [9.17, 15) is 14.7 Å². The molecule has 1 aliphatic heterocycles. The lowest BCUT2D eigenvalue weighted by molar-refractivity contribution is -0.133. The molecule has 1 aliphatic rings. The molecule has 156 valence electrons. The smallest absolute Gasteiger partial charge is 0.336 e. The van der Waals surface area contributed by atoms with Gasteiger partial charge >= 0.3 is 5.97 Å². The van der Waals surface area contributed by atoms with Gasteiger partial charge in [0.25, 0.3) is 5.91 Å². The lowest BCUT2D eigenvalue weighted by Crippen LogP contribution is -2.47. The average Bonchev–Trinajstić information content (AvgIpc) is 3.04. The van der Waals surface area contributed by atoms with Gasteiger partial charge in [-0.1, -0.05) is 55.5 Å². The zero-order valence-electron chi connectivity index (χ0n) is 16.9. The third-order valence-electron chi connectivity index (χ3n) is 5.57. The molecule has 0 fully saturated rings. The molecule has 0 saturated carbocycles. The van der Waals surface area contributed by atoms with Crippen LogP contribution in [0.4, 0.5) is 11.4 Å². The van der Waals surface area contributed by atoms with E-state index < -0.39 is 11.5 Å². The van der Waals surface area contributed by atoms with Gasteiger partial charge in [0.05, 0.1) is 5.57 Å². The van der Waals surface area contributed by atoms with Gasteiger partial charge in [0, 0.05) is 14.9 Å². The molecule has 4 rings (SSSR count). The van der Waals surface area contributed by atoms with E-state index in [-0.39, 0.29) is 17.2 Å². The molecule has 31 heavy (non-hydrogen) atoms. The fourth-order valence-corrected chi connectivity index (χ4v) is 4.59. The van der Waals surface area contributed by atoms with Gasteiger partial charge in [-0.15, -0.1) is 0 Å². The molecule has 3 aromatic carbocycles. The summed E-state index contributed by atoms with van der Waals surface area (Å²) >= 11 is 2.21. The van der Waals surface area contributed by atoms with Gasteiger partial charge in [-0.25, -0.2) is 4.79 Å². The zero-order valence-corrected chi connectivity index (χ0v) is 19.0. The van der Waals surface area contributed by atoms with Gasteiger partial charge in [0.15, 0.2) is 0 Å². The van der Waals surface area contributed by atoms with Crippen LogP contribution in [0.1, 0.15) is 18.9 Å². The van der Waals surface area contributed by atoms with Crippen LogP contribution in [0.2, 0.25) is 0 Å². The number of carbonyl (C=O) groups is 2. The molecule has 1 atom stereocenters. The van der Waals surface area contributed by atoms with E-state index in [1.165, 1.54) is 0 Å². The van der Waals surface area contributed by atoms with Crippen molar-refractivity contribution in [3.05, 3.63) is 105 Å². The summed E-state index contributed by atoms with van der Waals surface area (Å²) in [7, 11) is 0. The number of benzene rings is 3. The molecule has 2 N–H and O–H groups in total. The highest BCUT2D eigenvalue weighted by Gasteiger charge is 2.55. The summed E-state index contributed by atoms with van der Waals surface area (Å²) in [5, 5.41) is 13.4. The van der Waals surface area contributed by atoms with Crippen LogP contribution in [0.15, 0.2) is 96.2 Å². The number of para-hydroxylation sites is 2. The Balaban J connectivity index is 2.00. The number of aliphatic carboxylic acids is 1. The number of rotatable bonds is 6. The van der Waals surface area contributed by atoms with Crippen molar-refractivity contribution >= 4 is 45.8 Å². The highest BCUT2D eigenvalue weighted by atomic mass is 127. The second-order valence-electron chi connectivity index (χ2n) is 7.24. The van der Waals surface area contributed by atoms with Crippen molar-refractivity contribution in [3.8, 4) is 0 Å². The molecule has 1 amide bonds. The predicted molar refractivity (Wildman–Crippen MR) is 130 cm³/mol. The van der Waals surface area contributed by atoms with Crippen molar-refractivity contribution in [1.29, 1.82) is 0 Å². The van der Waals surface area contributed by atoms with Crippen molar-refractivity contribution in [3.63, 3.8) is 0 Å². The second-order valence-corrected chi connectivity index (χ2v) is 8.49. The van der Waals surface area contributed by atoms with Crippen LogP contribution in [0, 0.1) is 3.57 Å². The molecule has 0 radical (unpaired) electrons. The van der Waals surface area contributed by atoms with Crippen molar-refractivity contribution in [2.75, 3.05) is 10.2 Å². The Morgan fingerprint density at radius 3 is 2.10 bits per heavy atom. The number of nitrogens with zero attached hydrogens (tertiary/aromatic N) is 1. The molecule has 0 saturated heterocycles. The fourth-order valence-electron chi connectivity index (χ4n) is 4.23. The van der Waals surface area contributed by atoms with Gasteiger partial charge in [0.2, 0.25) is 0 Å². The molecule has 0 aliphatic carbocycles. The van der Waals surface area contributed by atoms with Crippen LogP contribution >= 0.6 is 22.6 Å². The molecule has 0 bridgehead atoms. The number of halogens is 1. The van der Waals surface area contributed by atoms with E-state index in [1.807, 2.05) is 91.9 Å². The third-order valence-corrected chi connectivity index (χ3v) is 6.29. The number of carboxylic acid groups (broad SMARTS) is 1. The second kappa shape index (κ2) is 8.55. The average molecular weight is 524 g/mol. The first-order valence-corrected chi connectivity index (χ1v) is 11.0. The van der Waals surface area contributed by atoms with Gasteiger partial charge in [-0.2, -0.15) is 0 Å². The first-order valence-electron chi connectivity index (χ1n) is 9.95. The van der Waals surface area contributed by atoms with E-state index in [0.29, 0.717) is 17.8 Å². The first kappa shape index (κ1) is 21.1. The molecule has 1 heterocycles. The molecule has 5 nitrogen and oxygen atoms in total. The van der Waals surface area contributed by atoms with E-state index >= 15 is 0 Å². The minimum atomic E-state index is -1.15. The van der Waals surface area contributed by atoms with E-state index in [4.69, 9.17) is 0 Å². The number of hydrogen-bond donors (Lipinski definition) is 2. The van der Waals surface area contributed by atoms with Crippen LogP contribution in [0.25, 0.3) is 0 Å². The van der Waals surface area contributed by atoms with Gasteiger partial charge in [-0.05, 0) is 71.0 Å². The number of carbonyl (C=O) groups excluding carboxylic acids is 1. The molecule has 1 unspecified atom stereocenters. The molecule has 0 spiro atoms. The van der Waals surface area contributed by atoms with Crippen molar-refractivity contribution in [2.45, 2.75) is 18.9 Å². The van der Waals surface area contributed by atoms with Crippen molar-refractivity contribution < 1.29 is 14.7 Å². The van der Waals surface area contributed by atoms with Crippen molar-refractivity contribution in [1.82, 2.24) is 0 Å². The summed E-state index contributed by atoms with van der Waals surface area (Å²) in [6.45, 7) is 1.91. The van der Waals surface area contributed by atoms with E-state index in [2.05, 4.69) is 27.9 Å². The van der Waals surface area contributed by atoms with Crippen LogP contribution in [-0.2, 0) is 15.1 Å². The van der Waals surface area contributed by atoms with Crippen LogP contribution < -0.4 is 10.2 Å². The SMILES string of the molecule is CCC1(c2ccc(I)cc2)C(C(=O)O)=C(Nc2ccccc2)C(=O)N1c1ccccc1. The van der Waals surface area contributed by atoms with Gasteiger partial charge in [0.1, 0.15) is 11.2 Å². The largest absolute Gasteiger partial charge is 0.478 e. The number of hydrogen-bond acceptors (Lipinski definition) is 3. The number of carboxylic acids is 1. The molecular weight excluding hydrogens is 503 g/mol. The lowest BCUT2D eigenvalue weighted by Gasteiger charge is -2.39. The Hall–Kier alpha value is -3.13. The standard InChI is InChI=1S/C25H21IN2O3/c1-2-25(17-13-15-18(26)16-14-17)21(24(30)31)22(27-19-9-5-3-6-10-19)23(29)28(25)20-11-7-4-8-12-20/h3-16,27H,2H2,1H3,(H,30,31). The fraction of sp³-hybridized carbons (Fsp3) is 0.120. The Kier molecular flexibility index (Phi) is 5.82. The highest BCUT2D eigenvalue weighted by Crippen LogP contribution is 2.48. The quantitative estimate of drug-likeness (QED) is 0.424. The Labute approximate surface area is 194 Å². The topological polar surface area (TPSA) is 69.6 Å². The number of anilines is 2. The van der Waals surface area contributed by atoms with Crippen LogP contribution in [0.5, 0.6) is 0 Å². The van der Waals surface area contributed by atoms with E-state index in [1.54, 1.807) is 4.90 Å². The molecule has 3 aromatic rings. The summed E-state index contributed by atoms with van der Waals surface area (Å²) in [5.74, 6) is -1.49. The maximum atomic E-state index is 13.8. The number of nitrogens with one attached hydrogen (secondary N) is 1. The normalized spacial score (nSPS) is 18.4. The summed E-state index contributed by atoms with van der Waals surface area (Å²) < 4.78 is 1.03. The molecular formula is C25H21IN2O3. The van der Waals surface area contributed by atoms with Crippen LogP contribution in [0.3, 0.4) is 0 Å². The maximum absolute atomic E-state index is 13.8. The number of amides is 1. The summed E-state index contributed by atoms with van der Waals surface area (Å²) in [6.07, 6.45) is 0.399. The highest BCUT2D eigenvalue weighted by molar-refractivity contribution is 14.1. The van der Waals surface area contributed by atoms with Crippen molar-refractivity contribution in [2.24, 2.45) is 0 Å². The minimum absolute atomic E-state index is 0.0499. The zero-order chi connectivity index (χ0) is 22.0. The van der Waals surface area contributed by atoms with Gasteiger partial charge in [-0.3, -0.25) is 9.69 Å². The Morgan fingerprint density at radius 2 is 1.55 bits per heavy atom. The Morgan fingerprint density at radius 1 is 0.968 bits per heavy atom. The maximum Gasteiger partial charge on any atom is 0.336 e. The Bertz CT molecular complexity index is 1140. The summed E-state index contributed by atoms with van der Waals surface area (Å²) in [6, 6.07) is 26.1.